The highest BCUT2D eigenvalue weighted by Crippen LogP contribution is 2.32. The summed E-state index contributed by atoms with van der Waals surface area (Å²) in [5.74, 6) is -0.917. The Morgan fingerprint density at radius 2 is 2.19 bits per heavy atom. The Bertz CT molecular complexity index is 975. The molecule has 1 fully saturated rings. The van der Waals surface area contributed by atoms with Gasteiger partial charge in [-0.3, -0.25) is 4.79 Å². The number of methoxy groups -OCH3 is 1. The zero-order valence-electron chi connectivity index (χ0n) is 17.4. The Morgan fingerprint density at radius 1 is 1.42 bits per heavy atom. The number of aromatic amines is 1. The lowest BCUT2D eigenvalue weighted by atomic mass is 9.89. The fourth-order valence-corrected chi connectivity index (χ4v) is 4.70. The summed E-state index contributed by atoms with van der Waals surface area (Å²) in [6.07, 6.45) is 2.69. The van der Waals surface area contributed by atoms with E-state index in [-0.39, 0.29) is 40.6 Å². The van der Waals surface area contributed by atoms with Gasteiger partial charge in [-0.2, -0.15) is 0 Å². The van der Waals surface area contributed by atoms with E-state index in [4.69, 9.17) is 16.3 Å². The van der Waals surface area contributed by atoms with Gasteiger partial charge in [0.1, 0.15) is 17.7 Å². The molecule has 0 bridgehead atoms. The molecule has 2 N–H and O–H groups in total. The monoisotopic (exact) mass is 469 g/mol. The molecule has 10 nitrogen and oxygen atoms in total. The number of rotatable bonds is 9. The molecule has 0 aromatic carbocycles. The number of hydrogen-bond donors (Lipinski definition) is 2. The molecular weight excluding hydrogens is 446 g/mol. The van der Waals surface area contributed by atoms with Crippen LogP contribution < -0.4 is 4.90 Å². The van der Waals surface area contributed by atoms with E-state index in [2.05, 4.69) is 24.9 Å². The maximum absolute atomic E-state index is 12.7. The summed E-state index contributed by atoms with van der Waals surface area (Å²) in [5.41, 5.74) is 0.982. The summed E-state index contributed by atoms with van der Waals surface area (Å²) >= 11 is 7.13. The van der Waals surface area contributed by atoms with Crippen LogP contribution in [0.2, 0.25) is 5.15 Å². The zero-order chi connectivity index (χ0) is 22.5. The predicted octanol–water partition coefficient (Wildman–Crippen LogP) is 2.87. The highest BCUT2D eigenvalue weighted by Gasteiger charge is 2.33. The Balaban J connectivity index is 1.71. The van der Waals surface area contributed by atoms with Crippen molar-refractivity contribution in [1.82, 2.24) is 15.0 Å². The number of ketones is 1. The van der Waals surface area contributed by atoms with E-state index >= 15 is 0 Å². The fourth-order valence-electron chi connectivity index (χ4n) is 3.53. The molecule has 0 aliphatic carbocycles. The van der Waals surface area contributed by atoms with Gasteiger partial charge in [-0.05, 0) is 18.8 Å². The van der Waals surface area contributed by atoms with Crippen LogP contribution >= 0.6 is 22.9 Å². The maximum atomic E-state index is 12.7. The molecule has 2 aromatic rings. The summed E-state index contributed by atoms with van der Waals surface area (Å²) in [6.45, 7) is 3.04. The lowest BCUT2D eigenvalue weighted by Crippen LogP contribution is -2.45. The van der Waals surface area contributed by atoms with E-state index in [0.717, 1.165) is 17.0 Å². The normalized spacial score (nSPS) is 19.2. The molecule has 2 aromatic heterocycles. The summed E-state index contributed by atoms with van der Waals surface area (Å²) in [4.78, 5) is 42.4. The van der Waals surface area contributed by atoms with E-state index in [1.165, 1.54) is 13.3 Å². The van der Waals surface area contributed by atoms with Gasteiger partial charge in [-0.25, -0.2) is 14.8 Å². The van der Waals surface area contributed by atoms with Crippen LogP contribution in [0.4, 0.5) is 5.13 Å². The number of nitrogens with zero attached hydrogens (tertiary/aromatic N) is 4. The molecule has 168 valence electrons. The SMILES string of the molecule is CCc1[nH]c(C(=O)CC2CCN(c3nc(/C=N/OC)c(C(=O)O)s3)C[C@@H]2OC)nc1Cl. The molecule has 1 unspecified atom stereocenters. The van der Waals surface area contributed by atoms with E-state index in [1.54, 1.807) is 7.11 Å². The average Bonchev–Trinajstić information content (AvgIpc) is 3.36. The van der Waals surface area contributed by atoms with Gasteiger partial charge in [0.05, 0.1) is 18.0 Å². The minimum atomic E-state index is -1.08. The number of halogens is 1. The van der Waals surface area contributed by atoms with Crippen LogP contribution in [0.5, 0.6) is 0 Å². The number of carboxylic acid groups (broad SMARTS) is 1. The maximum Gasteiger partial charge on any atom is 0.348 e. The molecule has 31 heavy (non-hydrogen) atoms. The van der Waals surface area contributed by atoms with Gasteiger partial charge in [-0.15, -0.1) is 0 Å². The van der Waals surface area contributed by atoms with Crippen molar-refractivity contribution in [2.45, 2.75) is 32.3 Å². The number of carbonyl (C=O) groups excluding carboxylic acids is 1. The Labute approximate surface area is 188 Å². The fraction of sp³-hybridized carbons (Fsp3) is 0.526. The Morgan fingerprint density at radius 3 is 2.81 bits per heavy atom. The smallest absolute Gasteiger partial charge is 0.348 e. The van der Waals surface area contributed by atoms with Gasteiger partial charge in [-0.1, -0.05) is 35.0 Å². The number of oxime groups is 1. The van der Waals surface area contributed by atoms with Crippen molar-refractivity contribution in [1.29, 1.82) is 0 Å². The third kappa shape index (κ3) is 5.23. The summed E-state index contributed by atoms with van der Waals surface area (Å²) in [7, 11) is 2.98. The van der Waals surface area contributed by atoms with Crippen LogP contribution in [-0.4, -0.2) is 71.4 Å². The standard InChI is InChI=1S/C19H24ClN5O5S/c1-4-11-16(20)24-17(22-11)13(26)7-10-5-6-25(9-14(10)29-2)19-23-12(8-21-30-3)15(31-19)18(27)28/h8,10,14H,4-7,9H2,1-3H3,(H,22,24)(H,27,28)/b21-8+/t10?,14-/m0/s1. The number of nitrogens with one attached hydrogen (secondary N) is 1. The molecule has 3 heterocycles. The molecule has 1 aliphatic heterocycles. The molecule has 2 atom stereocenters. The molecule has 3 rings (SSSR count). The van der Waals surface area contributed by atoms with Crippen molar-refractivity contribution >= 4 is 46.0 Å². The second kappa shape index (κ2) is 10.2. The number of thiazole rings is 1. The van der Waals surface area contributed by atoms with Crippen LogP contribution in [-0.2, 0) is 16.0 Å². The first-order chi connectivity index (χ1) is 14.9. The number of aryl methyl sites for hydroxylation is 1. The highest BCUT2D eigenvalue weighted by atomic mass is 35.5. The molecule has 0 amide bonds. The van der Waals surface area contributed by atoms with Gasteiger partial charge < -0.3 is 24.6 Å². The van der Waals surface area contributed by atoms with Gasteiger partial charge in [0.2, 0.25) is 0 Å². The van der Waals surface area contributed by atoms with E-state index in [9.17, 15) is 14.7 Å². The van der Waals surface area contributed by atoms with E-state index in [0.29, 0.717) is 36.2 Å². The first-order valence-electron chi connectivity index (χ1n) is 9.73. The number of Topliss-reactive ketones (excluding diaryl/α,β-unsaturated/α-hetero) is 1. The number of hydrogen-bond acceptors (Lipinski definition) is 9. The van der Waals surface area contributed by atoms with Gasteiger partial charge in [0, 0.05) is 26.6 Å². The predicted molar refractivity (Wildman–Crippen MR) is 117 cm³/mol. The number of carbonyl (C=O) groups is 2. The van der Waals surface area contributed by atoms with E-state index in [1.807, 2.05) is 11.8 Å². The van der Waals surface area contributed by atoms with Gasteiger partial charge in [0.15, 0.2) is 21.9 Å². The molecule has 0 saturated carbocycles. The number of H-pyrrole nitrogens is 1. The number of carboxylic acids is 1. The highest BCUT2D eigenvalue weighted by molar-refractivity contribution is 7.17. The molecule has 0 spiro atoms. The number of piperidine rings is 1. The third-order valence-corrected chi connectivity index (χ3v) is 6.61. The van der Waals surface area contributed by atoms with Crippen molar-refractivity contribution in [2.75, 3.05) is 32.2 Å². The zero-order valence-corrected chi connectivity index (χ0v) is 19.0. The van der Waals surface area contributed by atoms with E-state index < -0.39 is 5.97 Å². The topological polar surface area (TPSA) is 130 Å². The van der Waals surface area contributed by atoms with Crippen molar-refractivity contribution in [3.05, 3.63) is 27.2 Å². The first-order valence-corrected chi connectivity index (χ1v) is 10.9. The lowest BCUT2D eigenvalue weighted by molar-refractivity contribution is 0.0373. The summed E-state index contributed by atoms with van der Waals surface area (Å²) < 4.78 is 5.66. The minimum Gasteiger partial charge on any atom is -0.477 e. The third-order valence-electron chi connectivity index (χ3n) is 5.18. The van der Waals surface area contributed by atoms with Crippen LogP contribution in [0.1, 0.15) is 51.4 Å². The Kier molecular flexibility index (Phi) is 7.63. The second-order valence-corrected chi connectivity index (χ2v) is 8.37. The van der Waals surface area contributed by atoms with Crippen LogP contribution in [0.15, 0.2) is 5.16 Å². The summed E-state index contributed by atoms with van der Waals surface area (Å²) in [5, 5.41) is 13.9. The van der Waals surface area contributed by atoms with Crippen LogP contribution in [0, 0.1) is 5.92 Å². The van der Waals surface area contributed by atoms with Gasteiger partial charge >= 0.3 is 5.97 Å². The summed E-state index contributed by atoms with van der Waals surface area (Å²) in [6, 6.07) is 0. The molecule has 12 heteroatoms. The number of aromatic nitrogens is 3. The first kappa shape index (κ1) is 23.2. The number of imidazole rings is 1. The lowest BCUT2D eigenvalue weighted by Gasteiger charge is -2.37. The van der Waals surface area contributed by atoms with Gasteiger partial charge in [0.25, 0.3) is 0 Å². The van der Waals surface area contributed by atoms with Crippen molar-refractivity contribution < 1.29 is 24.3 Å². The average molecular weight is 470 g/mol. The largest absolute Gasteiger partial charge is 0.477 e. The Hall–Kier alpha value is -2.50. The quantitative estimate of drug-likeness (QED) is 0.325. The van der Waals surface area contributed by atoms with Crippen LogP contribution in [0.25, 0.3) is 0 Å². The number of anilines is 1. The van der Waals surface area contributed by atoms with Crippen molar-refractivity contribution in [3.63, 3.8) is 0 Å². The van der Waals surface area contributed by atoms with Crippen molar-refractivity contribution in [3.8, 4) is 0 Å². The number of ether oxygens (including phenoxy) is 1. The van der Waals surface area contributed by atoms with Crippen LogP contribution in [0.3, 0.4) is 0 Å². The molecule has 0 radical (unpaired) electrons. The minimum absolute atomic E-state index is 0.00358. The molecule has 1 aliphatic rings. The second-order valence-electron chi connectivity index (χ2n) is 7.04. The molecular formula is C19H24ClN5O5S. The number of aromatic carboxylic acids is 1. The molecule has 1 saturated heterocycles. The van der Waals surface area contributed by atoms with Crippen molar-refractivity contribution in [2.24, 2.45) is 11.1 Å².